The van der Waals surface area contributed by atoms with Crippen LogP contribution in [0.1, 0.15) is 6.92 Å². The summed E-state index contributed by atoms with van der Waals surface area (Å²) >= 11 is -2.22. The van der Waals surface area contributed by atoms with E-state index in [1.165, 1.54) is 6.92 Å². The quantitative estimate of drug-likeness (QED) is 0.339. The lowest BCUT2D eigenvalue weighted by molar-refractivity contribution is 0.536. The Hall–Kier alpha value is 0.220. The van der Waals surface area contributed by atoms with Crippen molar-refractivity contribution in [3.05, 3.63) is 0 Å². The van der Waals surface area contributed by atoms with Gasteiger partial charge in [-0.2, -0.15) is 0 Å². The summed E-state index contributed by atoms with van der Waals surface area (Å²) in [6.07, 6.45) is 0. The van der Waals surface area contributed by atoms with E-state index in [0.717, 1.165) is 0 Å². The van der Waals surface area contributed by atoms with Crippen LogP contribution >= 0.6 is 7.44 Å². The SMILES string of the molecule is CC(NS(=O)O)P(N)(N)=O. The molecule has 62 valence electrons. The van der Waals surface area contributed by atoms with Gasteiger partial charge in [0.2, 0.25) is 18.7 Å². The van der Waals surface area contributed by atoms with Crippen LogP contribution in [-0.2, 0) is 15.8 Å². The Morgan fingerprint density at radius 1 is 1.70 bits per heavy atom. The Morgan fingerprint density at radius 3 is 2.20 bits per heavy atom. The van der Waals surface area contributed by atoms with Gasteiger partial charge in [0.25, 0.3) is 0 Å². The fraction of sp³-hybridized carbons (Fsp3) is 1.00. The van der Waals surface area contributed by atoms with Gasteiger partial charge in [-0.15, -0.1) is 0 Å². The minimum Gasteiger partial charge on any atom is -0.294 e. The zero-order valence-corrected chi connectivity index (χ0v) is 7.06. The summed E-state index contributed by atoms with van der Waals surface area (Å²) in [4.78, 5) is 0. The molecule has 0 spiro atoms. The molecule has 0 aromatic rings. The van der Waals surface area contributed by atoms with Crippen molar-refractivity contribution in [2.75, 3.05) is 0 Å². The maximum absolute atomic E-state index is 10.7. The molecule has 10 heavy (non-hydrogen) atoms. The second-order valence-electron chi connectivity index (χ2n) is 1.81. The maximum Gasteiger partial charge on any atom is 0.232 e. The molecule has 0 amide bonds. The molecule has 0 bridgehead atoms. The summed E-state index contributed by atoms with van der Waals surface area (Å²) < 4.78 is 30.9. The van der Waals surface area contributed by atoms with Crippen LogP contribution in [0.25, 0.3) is 0 Å². The monoisotopic (exact) mass is 187 g/mol. The number of hydrogen-bond donors (Lipinski definition) is 4. The highest BCUT2D eigenvalue weighted by Crippen LogP contribution is 2.29. The second-order valence-corrected chi connectivity index (χ2v) is 4.84. The van der Waals surface area contributed by atoms with Crippen molar-refractivity contribution in [3.8, 4) is 0 Å². The molecular weight excluding hydrogens is 177 g/mol. The molecule has 0 aromatic heterocycles. The van der Waals surface area contributed by atoms with E-state index in [0.29, 0.717) is 0 Å². The summed E-state index contributed by atoms with van der Waals surface area (Å²) in [5.74, 6) is -0.849. The Bertz CT molecular complexity index is 179. The van der Waals surface area contributed by atoms with E-state index in [1.54, 1.807) is 0 Å². The molecule has 0 saturated heterocycles. The highest BCUT2D eigenvalue weighted by molar-refractivity contribution is 7.77. The topological polar surface area (TPSA) is 118 Å². The predicted octanol–water partition coefficient (Wildman–Crippen LogP) is -0.831. The third-order valence-electron chi connectivity index (χ3n) is 0.877. The molecule has 0 aromatic carbocycles. The van der Waals surface area contributed by atoms with Crippen LogP contribution in [0, 0.1) is 0 Å². The van der Waals surface area contributed by atoms with Crippen molar-refractivity contribution in [2.24, 2.45) is 11.0 Å². The Kier molecular flexibility index (Phi) is 3.64. The number of rotatable bonds is 3. The molecule has 0 rings (SSSR count). The largest absolute Gasteiger partial charge is 0.294 e. The Balaban J connectivity index is 3.98. The first-order chi connectivity index (χ1) is 4.34. The molecule has 6 N–H and O–H groups in total. The van der Waals surface area contributed by atoms with Crippen LogP contribution in [0.3, 0.4) is 0 Å². The summed E-state index contributed by atoms with van der Waals surface area (Å²) in [5.41, 5.74) is 9.91. The van der Waals surface area contributed by atoms with Gasteiger partial charge in [-0.1, -0.05) is 0 Å². The van der Waals surface area contributed by atoms with E-state index in [1.807, 2.05) is 4.72 Å². The van der Waals surface area contributed by atoms with E-state index in [9.17, 15) is 8.77 Å². The second kappa shape index (κ2) is 3.56. The molecule has 0 aliphatic heterocycles. The van der Waals surface area contributed by atoms with E-state index in [4.69, 9.17) is 15.6 Å². The summed E-state index contributed by atoms with van der Waals surface area (Å²) in [7, 11) is -3.27. The van der Waals surface area contributed by atoms with Crippen molar-refractivity contribution >= 4 is 18.7 Å². The molecule has 0 radical (unpaired) electrons. The van der Waals surface area contributed by atoms with Crippen molar-refractivity contribution < 1.29 is 13.3 Å². The molecule has 0 aliphatic carbocycles. The smallest absolute Gasteiger partial charge is 0.232 e. The zero-order chi connectivity index (χ0) is 8.36. The van der Waals surface area contributed by atoms with Gasteiger partial charge >= 0.3 is 0 Å². The van der Waals surface area contributed by atoms with Crippen LogP contribution in [-0.4, -0.2) is 14.5 Å². The average molecular weight is 187 g/mol. The van der Waals surface area contributed by atoms with Crippen molar-refractivity contribution in [2.45, 2.75) is 12.7 Å². The Morgan fingerprint density at radius 2 is 2.10 bits per heavy atom. The van der Waals surface area contributed by atoms with Gasteiger partial charge in [0.05, 0.1) is 5.78 Å². The van der Waals surface area contributed by atoms with Crippen LogP contribution in [0.15, 0.2) is 0 Å². The molecule has 2 unspecified atom stereocenters. The third kappa shape index (κ3) is 4.10. The molecule has 0 fully saturated rings. The lowest BCUT2D eigenvalue weighted by atomic mass is 10.8. The highest BCUT2D eigenvalue weighted by Gasteiger charge is 2.20. The van der Waals surface area contributed by atoms with Gasteiger partial charge in [-0.05, 0) is 6.92 Å². The van der Waals surface area contributed by atoms with Gasteiger partial charge < -0.3 is 0 Å². The standard InChI is InChI=1S/C2H10N3O3PS/c1-2(5-10(7)8)9(3,4)6/h2,5H,1H3,(H,7,8)(H4,3,4,6). The van der Waals surface area contributed by atoms with Gasteiger partial charge in [0.1, 0.15) is 0 Å². The van der Waals surface area contributed by atoms with Gasteiger partial charge in [0, 0.05) is 0 Å². The fourth-order valence-electron chi connectivity index (χ4n) is 0.228. The molecule has 8 heteroatoms. The van der Waals surface area contributed by atoms with Gasteiger partial charge in [-0.3, -0.25) is 20.1 Å². The van der Waals surface area contributed by atoms with E-state index in [2.05, 4.69) is 0 Å². The first-order valence-corrected chi connectivity index (χ1v) is 5.40. The van der Waals surface area contributed by atoms with E-state index in [-0.39, 0.29) is 0 Å². The summed E-state index contributed by atoms with van der Waals surface area (Å²) in [6, 6.07) is 0. The van der Waals surface area contributed by atoms with Crippen LogP contribution in [0.5, 0.6) is 0 Å². The van der Waals surface area contributed by atoms with Gasteiger partial charge in [-0.25, -0.2) is 8.93 Å². The highest BCUT2D eigenvalue weighted by atomic mass is 32.2. The lowest BCUT2D eigenvalue weighted by Gasteiger charge is -2.13. The lowest BCUT2D eigenvalue weighted by Crippen LogP contribution is -2.32. The minimum atomic E-state index is -3.27. The summed E-state index contributed by atoms with van der Waals surface area (Å²) in [5, 5.41) is 0. The molecule has 0 heterocycles. The first-order valence-electron chi connectivity index (χ1n) is 2.38. The van der Waals surface area contributed by atoms with E-state index >= 15 is 0 Å². The van der Waals surface area contributed by atoms with E-state index < -0.39 is 24.5 Å². The van der Waals surface area contributed by atoms with Gasteiger partial charge in [0.15, 0.2) is 0 Å². The molecular formula is C2H10N3O3PS. The van der Waals surface area contributed by atoms with Crippen molar-refractivity contribution in [3.63, 3.8) is 0 Å². The summed E-state index contributed by atoms with van der Waals surface area (Å²) in [6.45, 7) is 1.37. The van der Waals surface area contributed by atoms with Crippen LogP contribution in [0.2, 0.25) is 0 Å². The number of nitrogens with two attached hydrogens (primary N) is 2. The maximum atomic E-state index is 10.7. The predicted molar refractivity (Wildman–Crippen MR) is 39.4 cm³/mol. The van der Waals surface area contributed by atoms with Crippen molar-refractivity contribution in [1.29, 1.82) is 0 Å². The molecule has 6 nitrogen and oxygen atoms in total. The molecule has 0 aliphatic rings. The Labute approximate surface area is 61.2 Å². The fourth-order valence-corrected chi connectivity index (χ4v) is 1.45. The average Bonchev–Trinajstić information content (AvgIpc) is 1.60. The number of hydrogen-bond acceptors (Lipinski definition) is 2. The molecule has 2 atom stereocenters. The van der Waals surface area contributed by atoms with Crippen LogP contribution in [0.4, 0.5) is 0 Å². The van der Waals surface area contributed by atoms with Crippen LogP contribution < -0.4 is 15.7 Å². The normalized spacial score (nSPS) is 18.4. The zero-order valence-electron chi connectivity index (χ0n) is 5.35. The number of nitrogens with one attached hydrogen (secondary N) is 1. The van der Waals surface area contributed by atoms with Crippen molar-refractivity contribution in [1.82, 2.24) is 4.72 Å². The minimum absolute atomic E-state index is 0.849. The third-order valence-corrected chi connectivity index (χ3v) is 2.95. The molecule has 0 saturated carbocycles. The first kappa shape index (κ1) is 10.2.